The predicted molar refractivity (Wildman–Crippen MR) is 91.4 cm³/mol. The van der Waals surface area contributed by atoms with E-state index in [2.05, 4.69) is 7.05 Å². The fourth-order valence-corrected chi connectivity index (χ4v) is 2.84. The molecule has 1 unspecified atom stereocenters. The minimum absolute atomic E-state index is 0.0849. The van der Waals surface area contributed by atoms with Crippen LogP contribution in [0, 0.1) is 0 Å². The molecule has 0 saturated carbocycles. The molecule has 3 rings (SSSR count). The molecule has 2 aromatic carbocycles. The van der Waals surface area contributed by atoms with Crippen LogP contribution in [0.25, 0.3) is 11.0 Å². The average Bonchev–Trinajstić information content (AvgIpc) is 2.54. The van der Waals surface area contributed by atoms with Crippen molar-refractivity contribution < 1.29 is 19.2 Å². The van der Waals surface area contributed by atoms with Crippen molar-refractivity contribution in [2.24, 2.45) is 0 Å². The van der Waals surface area contributed by atoms with Gasteiger partial charge in [-0.3, -0.25) is 0 Å². The van der Waals surface area contributed by atoms with Gasteiger partial charge in [-0.1, -0.05) is 0 Å². The SMILES string of the molecule is COc1ccc(C[NH+](C)Cc2cc(=O)oc3cc(O)ccc23)cc1. The molecule has 24 heavy (non-hydrogen) atoms. The lowest BCUT2D eigenvalue weighted by molar-refractivity contribution is -0.907. The topological polar surface area (TPSA) is 64.1 Å². The molecule has 1 atom stereocenters. The third-order valence-corrected chi connectivity index (χ3v) is 3.97. The summed E-state index contributed by atoms with van der Waals surface area (Å²) in [7, 11) is 3.72. The number of aromatic hydroxyl groups is 1. The Labute approximate surface area is 139 Å². The molecule has 0 aliphatic heterocycles. The van der Waals surface area contributed by atoms with Crippen LogP contribution >= 0.6 is 0 Å². The maximum absolute atomic E-state index is 11.8. The van der Waals surface area contributed by atoms with Gasteiger partial charge >= 0.3 is 5.63 Å². The Morgan fingerprint density at radius 1 is 1.08 bits per heavy atom. The van der Waals surface area contributed by atoms with Crippen LogP contribution in [0.4, 0.5) is 0 Å². The summed E-state index contributed by atoms with van der Waals surface area (Å²) in [5.74, 6) is 0.921. The second kappa shape index (κ2) is 6.76. The van der Waals surface area contributed by atoms with E-state index in [-0.39, 0.29) is 5.75 Å². The van der Waals surface area contributed by atoms with Crippen molar-refractivity contribution >= 4 is 11.0 Å². The Bertz CT molecular complexity index is 899. The van der Waals surface area contributed by atoms with Gasteiger partial charge in [-0.2, -0.15) is 0 Å². The number of phenols is 1. The van der Waals surface area contributed by atoms with Gasteiger partial charge in [0.15, 0.2) is 0 Å². The van der Waals surface area contributed by atoms with Crippen LogP contribution in [0.3, 0.4) is 0 Å². The number of hydrogen-bond acceptors (Lipinski definition) is 4. The molecule has 0 aliphatic carbocycles. The number of hydrogen-bond donors (Lipinski definition) is 2. The zero-order valence-electron chi connectivity index (χ0n) is 13.7. The standard InChI is InChI=1S/C19H19NO4/c1-20(11-13-3-6-16(23-2)7-4-13)12-14-9-19(22)24-18-10-15(21)5-8-17(14)18/h3-10,21H,11-12H2,1-2H3/p+1. The molecule has 0 fully saturated rings. The molecule has 0 radical (unpaired) electrons. The summed E-state index contributed by atoms with van der Waals surface area (Å²) in [6.07, 6.45) is 0. The van der Waals surface area contributed by atoms with E-state index in [4.69, 9.17) is 9.15 Å². The Morgan fingerprint density at radius 2 is 1.83 bits per heavy atom. The molecule has 0 spiro atoms. The maximum atomic E-state index is 11.8. The molecule has 0 bridgehead atoms. The third kappa shape index (κ3) is 3.58. The molecule has 0 saturated heterocycles. The van der Waals surface area contributed by atoms with Gasteiger partial charge in [-0.25, -0.2) is 4.79 Å². The largest absolute Gasteiger partial charge is 0.508 e. The third-order valence-electron chi connectivity index (χ3n) is 3.97. The van der Waals surface area contributed by atoms with Crippen LogP contribution < -0.4 is 15.3 Å². The highest BCUT2D eigenvalue weighted by molar-refractivity contribution is 5.81. The molecule has 5 heteroatoms. The fourth-order valence-electron chi connectivity index (χ4n) is 2.84. The predicted octanol–water partition coefficient (Wildman–Crippen LogP) is 1.72. The summed E-state index contributed by atoms with van der Waals surface area (Å²) in [6.45, 7) is 1.50. The van der Waals surface area contributed by atoms with E-state index in [9.17, 15) is 9.90 Å². The number of rotatable bonds is 5. The molecular formula is C19H20NO4+. The van der Waals surface area contributed by atoms with Gasteiger partial charge in [-0.05, 0) is 36.4 Å². The summed E-state index contributed by atoms with van der Waals surface area (Å²) in [6, 6.07) is 14.3. The van der Waals surface area contributed by atoms with E-state index in [1.165, 1.54) is 22.6 Å². The number of methoxy groups -OCH3 is 1. The Morgan fingerprint density at radius 3 is 2.54 bits per heavy atom. The van der Waals surface area contributed by atoms with E-state index in [1.807, 2.05) is 24.3 Å². The molecule has 0 amide bonds. The van der Waals surface area contributed by atoms with E-state index in [0.717, 1.165) is 23.2 Å². The first-order valence-corrected chi connectivity index (χ1v) is 7.75. The van der Waals surface area contributed by atoms with Gasteiger partial charge in [-0.15, -0.1) is 0 Å². The van der Waals surface area contributed by atoms with Gasteiger partial charge in [0, 0.05) is 28.6 Å². The first-order valence-electron chi connectivity index (χ1n) is 7.75. The first-order chi connectivity index (χ1) is 11.5. The van der Waals surface area contributed by atoms with Crippen molar-refractivity contribution in [1.82, 2.24) is 0 Å². The minimum atomic E-state index is -0.402. The quantitative estimate of drug-likeness (QED) is 0.701. The second-order valence-corrected chi connectivity index (χ2v) is 5.93. The van der Waals surface area contributed by atoms with Crippen LogP contribution in [-0.2, 0) is 13.1 Å². The summed E-state index contributed by atoms with van der Waals surface area (Å²) >= 11 is 0. The normalized spacial score (nSPS) is 12.2. The second-order valence-electron chi connectivity index (χ2n) is 5.93. The average molecular weight is 326 g/mol. The first kappa shape index (κ1) is 16.1. The van der Waals surface area contributed by atoms with Gasteiger partial charge in [0.1, 0.15) is 30.2 Å². The monoisotopic (exact) mass is 326 g/mol. The van der Waals surface area contributed by atoms with Crippen molar-refractivity contribution in [3.05, 3.63) is 70.1 Å². The molecule has 5 nitrogen and oxygen atoms in total. The number of phenolic OH excluding ortho intramolecular Hbond substituents is 1. The van der Waals surface area contributed by atoms with Gasteiger partial charge < -0.3 is 19.2 Å². The van der Waals surface area contributed by atoms with Crippen LogP contribution in [0.1, 0.15) is 11.1 Å². The van der Waals surface area contributed by atoms with E-state index in [1.54, 1.807) is 19.2 Å². The molecule has 1 aromatic heterocycles. The number of nitrogens with one attached hydrogen (secondary N) is 1. The van der Waals surface area contributed by atoms with Crippen LogP contribution in [0.5, 0.6) is 11.5 Å². The van der Waals surface area contributed by atoms with Gasteiger partial charge in [0.2, 0.25) is 0 Å². The smallest absolute Gasteiger partial charge is 0.336 e. The number of quaternary nitrogens is 1. The van der Waals surface area contributed by atoms with Crippen molar-refractivity contribution in [3.8, 4) is 11.5 Å². The van der Waals surface area contributed by atoms with Gasteiger partial charge in [0.05, 0.1) is 14.2 Å². The lowest BCUT2D eigenvalue weighted by Crippen LogP contribution is -3.06. The molecular weight excluding hydrogens is 306 g/mol. The van der Waals surface area contributed by atoms with Crippen molar-refractivity contribution in [2.45, 2.75) is 13.1 Å². The molecule has 124 valence electrons. The molecule has 0 aliphatic rings. The number of ether oxygens (including phenoxy) is 1. The van der Waals surface area contributed by atoms with E-state index in [0.29, 0.717) is 12.1 Å². The van der Waals surface area contributed by atoms with Gasteiger partial charge in [0.25, 0.3) is 0 Å². The summed E-state index contributed by atoms with van der Waals surface area (Å²) in [5.41, 5.74) is 2.11. The van der Waals surface area contributed by atoms with Crippen molar-refractivity contribution in [1.29, 1.82) is 0 Å². The zero-order chi connectivity index (χ0) is 17.1. The Hall–Kier alpha value is -2.79. The molecule has 3 aromatic rings. The highest BCUT2D eigenvalue weighted by atomic mass is 16.5. The zero-order valence-corrected chi connectivity index (χ0v) is 13.7. The summed E-state index contributed by atoms with van der Waals surface area (Å²) < 4.78 is 10.3. The summed E-state index contributed by atoms with van der Waals surface area (Å²) in [4.78, 5) is 13.0. The summed E-state index contributed by atoms with van der Waals surface area (Å²) in [5, 5.41) is 10.4. The number of fused-ring (bicyclic) bond motifs is 1. The Kier molecular flexibility index (Phi) is 4.53. The van der Waals surface area contributed by atoms with Crippen LogP contribution in [0.15, 0.2) is 57.7 Å². The maximum Gasteiger partial charge on any atom is 0.336 e. The molecule has 1 heterocycles. The fraction of sp³-hybridized carbons (Fsp3) is 0.211. The van der Waals surface area contributed by atoms with Crippen LogP contribution in [-0.4, -0.2) is 19.3 Å². The van der Waals surface area contributed by atoms with Crippen molar-refractivity contribution in [2.75, 3.05) is 14.2 Å². The highest BCUT2D eigenvalue weighted by Crippen LogP contribution is 2.21. The Balaban J connectivity index is 1.82. The van der Waals surface area contributed by atoms with Crippen LogP contribution in [0.2, 0.25) is 0 Å². The minimum Gasteiger partial charge on any atom is -0.508 e. The lowest BCUT2D eigenvalue weighted by atomic mass is 10.1. The van der Waals surface area contributed by atoms with Crippen molar-refractivity contribution in [3.63, 3.8) is 0 Å². The number of benzene rings is 2. The van der Waals surface area contributed by atoms with E-state index >= 15 is 0 Å². The molecule has 2 N–H and O–H groups in total. The van der Waals surface area contributed by atoms with E-state index < -0.39 is 5.63 Å². The lowest BCUT2D eigenvalue weighted by Gasteiger charge is -2.15. The highest BCUT2D eigenvalue weighted by Gasteiger charge is 2.12.